The van der Waals surface area contributed by atoms with Crippen LogP contribution in [0.15, 0.2) is 57.9 Å². The van der Waals surface area contributed by atoms with Crippen molar-refractivity contribution in [1.29, 1.82) is 0 Å². The highest BCUT2D eigenvalue weighted by atomic mass is 32.1. The summed E-state index contributed by atoms with van der Waals surface area (Å²) in [7, 11) is 0. The van der Waals surface area contributed by atoms with Crippen LogP contribution in [0.2, 0.25) is 0 Å². The Morgan fingerprint density at radius 1 is 0.433 bits per heavy atom. The Kier molecular flexibility index (Phi) is 2.64. The molecule has 4 heterocycles. The van der Waals surface area contributed by atoms with Gasteiger partial charge in [0, 0.05) is 53.8 Å². The van der Waals surface area contributed by atoms with Crippen LogP contribution in [0.1, 0.15) is 0 Å². The number of hydrogen-bond acceptors (Lipinski definition) is 6. The molecule has 0 saturated heterocycles. The van der Waals surface area contributed by atoms with E-state index in [1.54, 1.807) is 22.7 Å². The Hall–Kier alpha value is -3.48. The van der Waals surface area contributed by atoms with Crippen molar-refractivity contribution in [3.63, 3.8) is 0 Å². The van der Waals surface area contributed by atoms with Gasteiger partial charge in [-0.25, -0.2) is 19.9 Å². The molecule has 4 aromatic heterocycles. The molecule has 8 aromatic rings. The Morgan fingerprint density at radius 3 is 1.03 bits per heavy atom. The molecule has 0 unspecified atom stereocenters. The summed E-state index contributed by atoms with van der Waals surface area (Å²) in [5.74, 6) is 0. The summed E-state index contributed by atoms with van der Waals surface area (Å²) in [4.78, 5) is 20.1. The lowest BCUT2D eigenvalue weighted by molar-refractivity contribution is 1.43. The van der Waals surface area contributed by atoms with E-state index >= 15 is 0 Å². The van der Waals surface area contributed by atoms with Gasteiger partial charge < -0.3 is 0 Å². The van der Waals surface area contributed by atoms with Crippen molar-refractivity contribution in [2.45, 2.75) is 0 Å². The van der Waals surface area contributed by atoms with Gasteiger partial charge in [-0.15, -0.1) is 22.7 Å². The first kappa shape index (κ1) is 15.4. The summed E-state index contributed by atoms with van der Waals surface area (Å²) in [5.41, 5.74) is 7.62. The largest absolute Gasteiger partial charge is 0.243 e. The van der Waals surface area contributed by atoms with Gasteiger partial charge in [0.25, 0.3) is 0 Å². The smallest absolute Gasteiger partial charge is 0.100 e. The van der Waals surface area contributed by atoms with E-state index in [2.05, 4.69) is 57.9 Å². The molecule has 0 aliphatic rings. The number of aromatic nitrogens is 4. The number of fused-ring (bicyclic) bond motifs is 8. The van der Waals surface area contributed by atoms with Crippen LogP contribution in [-0.4, -0.2) is 19.9 Å². The molecule has 0 N–H and O–H groups in total. The number of thiophene rings is 2. The predicted octanol–water partition coefficient (Wildman–Crippen LogP) is 6.90. The van der Waals surface area contributed by atoms with Crippen LogP contribution in [0.4, 0.5) is 0 Å². The van der Waals surface area contributed by atoms with Crippen LogP contribution < -0.4 is 0 Å². The predicted molar refractivity (Wildman–Crippen MR) is 127 cm³/mol. The van der Waals surface area contributed by atoms with Crippen molar-refractivity contribution in [1.82, 2.24) is 19.9 Å². The van der Waals surface area contributed by atoms with E-state index in [4.69, 9.17) is 19.9 Å². The molecule has 8 rings (SSSR count). The van der Waals surface area contributed by atoms with Gasteiger partial charge in [0.15, 0.2) is 0 Å². The maximum absolute atomic E-state index is 5.02. The highest BCUT2D eigenvalue weighted by Crippen LogP contribution is 2.43. The molecule has 138 valence electrons. The number of hydrogen-bond donors (Lipinski definition) is 0. The zero-order valence-electron chi connectivity index (χ0n) is 15.4. The zero-order chi connectivity index (χ0) is 19.4. The first-order chi connectivity index (χ1) is 14.9. The SMILES string of the molecule is c1cc2c3nc4cscc4nc3c3cccc4c5nc6cscc6nc5c(c1)c2c34. The fraction of sp³-hybridized carbons (Fsp3) is 0. The summed E-state index contributed by atoms with van der Waals surface area (Å²) < 4.78 is 0. The molecule has 4 aromatic carbocycles. The van der Waals surface area contributed by atoms with E-state index < -0.39 is 0 Å². The van der Waals surface area contributed by atoms with Gasteiger partial charge in [0.1, 0.15) is 22.1 Å². The van der Waals surface area contributed by atoms with Crippen LogP contribution in [0.5, 0.6) is 0 Å². The summed E-state index contributed by atoms with van der Waals surface area (Å²) in [6.45, 7) is 0. The molecule has 0 radical (unpaired) electrons. The number of benzene rings is 4. The summed E-state index contributed by atoms with van der Waals surface area (Å²) >= 11 is 3.28. The first-order valence-electron chi connectivity index (χ1n) is 9.62. The Morgan fingerprint density at radius 2 is 0.733 bits per heavy atom. The van der Waals surface area contributed by atoms with E-state index in [-0.39, 0.29) is 0 Å². The third-order valence-electron chi connectivity index (χ3n) is 6.02. The molecular weight excluding hydrogens is 408 g/mol. The maximum atomic E-state index is 5.02. The third kappa shape index (κ3) is 1.73. The molecule has 0 spiro atoms. The van der Waals surface area contributed by atoms with Crippen LogP contribution in [0.3, 0.4) is 0 Å². The van der Waals surface area contributed by atoms with Gasteiger partial charge in [-0.05, 0) is 0 Å². The monoisotopic (exact) mass is 418 g/mol. The third-order valence-corrected chi connectivity index (χ3v) is 7.46. The maximum Gasteiger partial charge on any atom is 0.100 e. The van der Waals surface area contributed by atoms with Crippen molar-refractivity contribution in [2.75, 3.05) is 0 Å². The van der Waals surface area contributed by atoms with Crippen molar-refractivity contribution < 1.29 is 0 Å². The summed E-state index contributed by atoms with van der Waals surface area (Å²) in [6.07, 6.45) is 0. The van der Waals surface area contributed by atoms with Gasteiger partial charge >= 0.3 is 0 Å². The molecule has 0 fully saturated rings. The summed E-state index contributed by atoms with van der Waals surface area (Å²) in [5, 5.41) is 15.2. The lowest BCUT2D eigenvalue weighted by atomic mass is 9.91. The second kappa shape index (κ2) is 5.16. The standard InChI is InChI=1S/C24H10N4S2/c1-3-11-19-12(4-1)22-24(28-18-10-30-8-16(18)26-22)14-6-2-5-13(20(14)19)23-21(11)25-15-7-29-9-17(15)27-23/h1-10H. The van der Waals surface area contributed by atoms with E-state index in [0.717, 1.165) is 65.7 Å². The Bertz CT molecular complexity index is 1690. The van der Waals surface area contributed by atoms with Gasteiger partial charge in [0.05, 0.1) is 22.1 Å². The average molecular weight is 419 g/mol. The minimum Gasteiger partial charge on any atom is -0.243 e. The van der Waals surface area contributed by atoms with E-state index in [0.29, 0.717) is 0 Å². The molecule has 4 nitrogen and oxygen atoms in total. The molecule has 0 atom stereocenters. The van der Waals surface area contributed by atoms with Crippen LogP contribution in [0.25, 0.3) is 76.5 Å². The van der Waals surface area contributed by atoms with Gasteiger partial charge in [0.2, 0.25) is 0 Å². The van der Waals surface area contributed by atoms with Gasteiger partial charge in [-0.1, -0.05) is 36.4 Å². The lowest BCUT2D eigenvalue weighted by Gasteiger charge is -2.15. The minimum absolute atomic E-state index is 0.951. The topological polar surface area (TPSA) is 51.6 Å². The van der Waals surface area contributed by atoms with Gasteiger partial charge in [-0.2, -0.15) is 0 Å². The molecule has 0 saturated carbocycles. The number of rotatable bonds is 0. The molecule has 0 bridgehead atoms. The second-order valence-corrected chi connectivity index (χ2v) is 9.07. The second-order valence-electron chi connectivity index (χ2n) is 7.58. The van der Waals surface area contributed by atoms with Crippen LogP contribution in [-0.2, 0) is 0 Å². The van der Waals surface area contributed by atoms with Crippen molar-refractivity contribution in [3.05, 3.63) is 57.9 Å². The Labute approximate surface area is 176 Å². The lowest BCUT2D eigenvalue weighted by Crippen LogP contribution is -1.95. The van der Waals surface area contributed by atoms with Crippen molar-refractivity contribution in [2.24, 2.45) is 0 Å². The Balaban J connectivity index is 1.79. The molecule has 30 heavy (non-hydrogen) atoms. The quantitative estimate of drug-likeness (QED) is 0.198. The van der Waals surface area contributed by atoms with Crippen molar-refractivity contribution in [3.8, 4) is 0 Å². The molecule has 0 aliphatic heterocycles. The minimum atomic E-state index is 0.951. The number of nitrogens with zero attached hydrogens (tertiary/aromatic N) is 4. The first-order valence-corrected chi connectivity index (χ1v) is 11.5. The summed E-state index contributed by atoms with van der Waals surface area (Å²) in [6, 6.07) is 12.8. The highest BCUT2D eigenvalue weighted by Gasteiger charge is 2.20. The fourth-order valence-corrected chi connectivity index (χ4v) is 6.12. The fourth-order valence-electron chi connectivity index (χ4n) is 4.78. The van der Waals surface area contributed by atoms with E-state index in [9.17, 15) is 0 Å². The molecule has 6 heteroatoms. The molecule has 0 aliphatic carbocycles. The highest BCUT2D eigenvalue weighted by molar-refractivity contribution is 7.09. The van der Waals surface area contributed by atoms with Crippen molar-refractivity contribution >= 4 is 99.1 Å². The molecule has 0 amide bonds. The molecular formula is C24H10N4S2. The van der Waals surface area contributed by atoms with Crippen LogP contribution in [0, 0.1) is 0 Å². The normalized spacial score (nSPS) is 12.7. The zero-order valence-corrected chi connectivity index (χ0v) is 17.0. The van der Waals surface area contributed by atoms with E-state index in [1.807, 2.05) is 0 Å². The average Bonchev–Trinajstić information content (AvgIpc) is 3.44. The van der Waals surface area contributed by atoms with Gasteiger partial charge in [-0.3, -0.25) is 0 Å². The van der Waals surface area contributed by atoms with Crippen LogP contribution >= 0.6 is 22.7 Å². The van der Waals surface area contributed by atoms with E-state index in [1.165, 1.54) is 10.8 Å².